The summed E-state index contributed by atoms with van der Waals surface area (Å²) in [6.07, 6.45) is 29.6. The molecule has 0 heterocycles. The first-order chi connectivity index (χ1) is 23.4. The lowest BCUT2D eigenvalue weighted by Gasteiger charge is -2.38. The Morgan fingerprint density at radius 2 is 1.69 bits per heavy atom. The normalized spacial score (nSPS) is 25.2. The number of allylic oxidation sites excluding steroid dienone is 6. The summed E-state index contributed by atoms with van der Waals surface area (Å²) < 4.78 is 0. The third-order valence-electron chi connectivity index (χ3n) is 12.8. The largest absolute Gasteiger partial charge is 0.115 e. The number of hydrogen-bond acceptors (Lipinski definition) is 0. The van der Waals surface area contributed by atoms with Crippen molar-refractivity contribution in [1.29, 1.82) is 0 Å². The minimum atomic E-state index is 0.400. The van der Waals surface area contributed by atoms with Crippen molar-refractivity contribution < 1.29 is 0 Å². The monoisotopic (exact) mass is 630 g/mol. The highest BCUT2D eigenvalue weighted by Gasteiger charge is 2.44. The molecule has 0 aliphatic heterocycles. The van der Waals surface area contributed by atoms with E-state index in [1.807, 2.05) is 0 Å². The molecule has 0 heteroatoms. The molecule has 1 spiro atoms. The van der Waals surface area contributed by atoms with Crippen LogP contribution in [-0.2, 0) is 12.8 Å². The van der Waals surface area contributed by atoms with E-state index in [9.17, 15) is 0 Å². The van der Waals surface area contributed by atoms with E-state index in [0.717, 1.165) is 24.3 Å². The Hall–Kier alpha value is -3.82. The van der Waals surface area contributed by atoms with Crippen molar-refractivity contribution in [3.05, 3.63) is 149 Å². The van der Waals surface area contributed by atoms with Crippen LogP contribution >= 0.6 is 0 Å². The fraction of sp³-hybridized carbons (Fsp3) is 0.417. The lowest BCUT2D eigenvalue weighted by atomic mass is 9.67. The summed E-state index contributed by atoms with van der Waals surface area (Å²) in [5.74, 6) is 5.90. The quantitative estimate of drug-likeness (QED) is 0.154. The van der Waals surface area contributed by atoms with Crippen LogP contribution in [-0.4, -0.2) is 0 Å². The second-order valence-corrected chi connectivity index (χ2v) is 15.9. The zero-order valence-electron chi connectivity index (χ0n) is 29.2. The molecule has 4 aliphatic rings. The smallest absolute Gasteiger partial charge is 0.0277 e. The Kier molecular flexibility index (Phi) is 9.78. The highest BCUT2D eigenvalue weighted by molar-refractivity contribution is 5.78. The molecule has 3 aromatic carbocycles. The highest BCUT2D eigenvalue weighted by Crippen LogP contribution is 2.58. The third kappa shape index (κ3) is 7.13. The molecule has 3 fully saturated rings. The van der Waals surface area contributed by atoms with Crippen LogP contribution in [0.3, 0.4) is 0 Å². The van der Waals surface area contributed by atoms with Crippen molar-refractivity contribution >= 4 is 5.57 Å². The molecule has 48 heavy (non-hydrogen) atoms. The summed E-state index contributed by atoms with van der Waals surface area (Å²) in [7, 11) is 0. The van der Waals surface area contributed by atoms with Gasteiger partial charge in [0, 0.05) is 11.5 Å². The molecule has 0 N–H and O–H groups in total. The first kappa shape index (κ1) is 32.7. The van der Waals surface area contributed by atoms with Gasteiger partial charge in [0.1, 0.15) is 0 Å². The maximum Gasteiger partial charge on any atom is 0.0277 e. The van der Waals surface area contributed by atoms with Gasteiger partial charge in [0.25, 0.3) is 0 Å². The van der Waals surface area contributed by atoms with Crippen LogP contribution in [0.4, 0.5) is 0 Å². The molecule has 0 nitrogen and oxygen atoms in total. The van der Waals surface area contributed by atoms with Gasteiger partial charge in [-0.15, -0.1) is 6.42 Å². The molecule has 246 valence electrons. The van der Waals surface area contributed by atoms with Crippen LogP contribution in [0.2, 0.25) is 0 Å². The van der Waals surface area contributed by atoms with E-state index in [1.54, 1.807) is 0 Å². The highest BCUT2D eigenvalue weighted by atomic mass is 14.5. The Balaban J connectivity index is 1.04. The lowest BCUT2D eigenvalue weighted by Crippen LogP contribution is -2.25. The van der Waals surface area contributed by atoms with E-state index >= 15 is 0 Å². The van der Waals surface area contributed by atoms with Crippen molar-refractivity contribution in [2.24, 2.45) is 23.2 Å². The fourth-order valence-corrected chi connectivity index (χ4v) is 9.63. The molecule has 4 aliphatic carbocycles. The van der Waals surface area contributed by atoms with Crippen molar-refractivity contribution in [2.75, 3.05) is 0 Å². The Morgan fingerprint density at radius 3 is 2.35 bits per heavy atom. The molecule has 0 radical (unpaired) electrons. The van der Waals surface area contributed by atoms with E-state index in [2.05, 4.69) is 110 Å². The number of aryl methyl sites for hydroxylation is 1. The van der Waals surface area contributed by atoms with Crippen LogP contribution in [0.25, 0.3) is 5.57 Å². The molecule has 0 bridgehead atoms. The molecule has 3 saturated carbocycles. The first-order valence-corrected chi connectivity index (χ1v) is 18.9. The van der Waals surface area contributed by atoms with Gasteiger partial charge >= 0.3 is 0 Å². The van der Waals surface area contributed by atoms with Crippen molar-refractivity contribution in [3.63, 3.8) is 0 Å². The van der Waals surface area contributed by atoms with Crippen molar-refractivity contribution in [2.45, 2.75) is 102 Å². The molecule has 7 rings (SSSR count). The van der Waals surface area contributed by atoms with Gasteiger partial charge in [0.2, 0.25) is 0 Å². The third-order valence-corrected chi connectivity index (χ3v) is 12.8. The van der Waals surface area contributed by atoms with Crippen LogP contribution < -0.4 is 0 Å². The standard InChI is InChI=1S/C48H54/c1-5-40-19-17-39(32-46(40)45-26-29-48(33-45)27-9-28-48)31-38-15-20-42(21-16-38)47(35(3)12-14-37-10-7-6-8-11-37)43-24-22-41(23-25-43)44-18-13-34(2)36(4)30-44/h1,6-8,10-11,13,17-19,22-25,30,32,34,38,42,45,47H,3-4,9,12,14-16,20-21,26-29,31,33H2,2H3. The SMILES string of the molecule is C#Cc1ccc(CC2CCC(C(C(=C)CCc3ccccc3)c3ccc(C4=CC(=C)C(C)C=C4)cc3)CC2)cc1C1CCC2(CCC2)C1. The fourth-order valence-electron chi connectivity index (χ4n) is 9.63. The van der Waals surface area contributed by atoms with Crippen LogP contribution in [0, 0.1) is 35.5 Å². The van der Waals surface area contributed by atoms with Gasteiger partial charge in [-0.25, -0.2) is 0 Å². The van der Waals surface area contributed by atoms with Gasteiger partial charge in [0.15, 0.2) is 0 Å². The van der Waals surface area contributed by atoms with Gasteiger partial charge in [-0.3, -0.25) is 0 Å². The second-order valence-electron chi connectivity index (χ2n) is 15.9. The van der Waals surface area contributed by atoms with Gasteiger partial charge in [-0.05, 0) is 151 Å². The number of benzene rings is 3. The predicted octanol–water partition coefficient (Wildman–Crippen LogP) is 12.6. The molecule has 0 saturated heterocycles. The maximum atomic E-state index is 6.03. The number of hydrogen-bond donors (Lipinski definition) is 0. The molecule has 0 amide bonds. The summed E-state index contributed by atoms with van der Waals surface area (Å²) in [5, 5.41) is 0. The summed E-state index contributed by atoms with van der Waals surface area (Å²) >= 11 is 0. The van der Waals surface area contributed by atoms with E-state index in [4.69, 9.17) is 13.0 Å². The number of rotatable bonds is 10. The van der Waals surface area contributed by atoms with Crippen LogP contribution in [0.15, 0.2) is 115 Å². The zero-order valence-corrected chi connectivity index (χ0v) is 29.2. The molecule has 0 aromatic heterocycles. The lowest BCUT2D eigenvalue weighted by molar-refractivity contribution is 0.141. The predicted molar refractivity (Wildman–Crippen MR) is 205 cm³/mol. The average molecular weight is 631 g/mol. The van der Waals surface area contributed by atoms with E-state index in [1.165, 1.54) is 115 Å². The summed E-state index contributed by atoms with van der Waals surface area (Å²) in [5.41, 5.74) is 12.7. The zero-order chi connectivity index (χ0) is 33.1. The Labute approximate surface area is 291 Å². The molecule has 3 aromatic rings. The van der Waals surface area contributed by atoms with Gasteiger partial charge in [-0.1, -0.05) is 123 Å². The topological polar surface area (TPSA) is 0 Å². The summed E-state index contributed by atoms with van der Waals surface area (Å²) in [6, 6.07) is 27.5. The van der Waals surface area contributed by atoms with Gasteiger partial charge in [0.05, 0.1) is 0 Å². The minimum Gasteiger partial charge on any atom is -0.115 e. The Bertz CT molecular complexity index is 1710. The molecule has 3 unspecified atom stereocenters. The first-order valence-electron chi connectivity index (χ1n) is 18.9. The maximum absolute atomic E-state index is 6.03. The van der Waals surface area contributed by atoms with Gasteiger partial charge < -0.3 is 0 Å². The second kappa shape index (κ2) is 14.3. The van der Waals surface area contributed by atoms with E-state index in [0.29, 0.717) is 29.1 Å². The van der Waals surface area contributed by atoms with Gasteiger partial charge in [-0.2, -0.15) is 0 Å². The van der Waals surface area contributed by atoms with Crippen LogP contribution in [0.1, 0.15) is 123 Å². The van der Waals surface area contributed by atoms with Crippen molar-refractivity contribution in [3.8, 4) is 12.3 Å². The summed E-state index contributed by atoms with van der Waals surface area (Å²) in [6.45, 7) is 11.3. The summed E-state index contributed by atoms with van der Waals surface area (Å²) in [4.78, 5) is 0. The molecular weight excluding hydrogens is 577 g/mol. The van der Waals surface area contributed by atoms with E-state index < -0.39 is 0 Å². The molecular formula is C48H54. The minimum absolute atomic E-state index is 0.400. The Morgan fingerprint density at radius 1 is 0.917 bits per heavy atom. The average Bonchev–Trinajstić information content (AvgIpc) is 3.57. The van der Waals surface area contributed by atoms with Crippen molar-refractivity contribution in [1.82, 2.24) is 0 Å². The number of terminal acetylenes is 1. The van der Waals surface area contributed by atoms with Crippen LogP contribution in [0.5, 0.6) is 0 Å². The molecule has 3 atom stereocenters. The van der Waals surface area contributed by atoms with E-state index in [-0.39, 0.29) is 0 Å².